The summed E-state index contributed by atoms with van der Waals surface area (Å²) < 4.78 is 40.7. The fourth-order valence-electron chi connectivity index (χ4n) is 1.45. The molecule has 3 N–H and O–H groups in total. The Morgan fingerprint density at radius 1 is 1.33 bits per heavy atom. The van der Waals surface area contributed by atoms with Gasteiger partial charge in [-0.2, -0.15) is 13.2 Å². The van der Waals surface area contributed by atoms with E-state index >= 15 is 0 Å². The monoisotopic (exact) mass is 306 g/mol. The normalized spacial score (nSPS) is 11.0. The Labute approximate surface area is 117 Å². The number of nitrogens with one attached hydrogen (secondary N) is 2. The summed E-state index contributed by atoms with van der Waals surface area (Å²) in [7, 11) is 1.31. The first-order valence-electron chi connectivity index (χ1n) is 5.71. The fraction of sp³-hybridized carbons (Fsp3) is 0.333. The molecule has 0 aliphatic rings. The number of benzene rings is 1. The van der Waals surface area contributed by atoms with Crippen molar-refractivity contribution in [2.24, 2.45) is 0 Å². The topological polar surface area (TPSA) is 87.7 Å². The van der Waals surface area contributed by atoms with Crippen LogP contribution in [0, 0.1) is 0 Å². The van der Waals surface area contributed by atoms with Gasteiger partial charge in [-0.1, -0.05) is 0 Å². The van der Waals surface area contributed by atoms with E-state index in [1.807, 2.05) is 5.32 Å². The molecule has 0 bridgehead atoms. The first-order chi connectivity index (χ1) is 9.73. The summed E-state index contributed by atoms with van der Waals surface area (Å²) in [5.74, 6) is -1.76. The summed E-state index contributed by atoms with van der Waals surface area (Å²) in [4.78, 5) is 22.3. The van der Waals surface area contributed by atoms with Crippen LogP contribution in [0.15, 0.2) is 18.2 Å². The predicted molar refractivity (Wildman–Crippen MR) is 67.5 cm³/mol. The van der Waals surface area contributed by atoms with Crippen LogP contribution in [0.3, 0.4) is 0 Å². The standard InChI is InChI=1S/C12H13F3N2O4/c1-21-9-3-2-7(11(19)20)4-8(9)17-10(18)5-16-6-12(13,14)15/h2-4,16H,5-6H2,1H3,(H,17,18)(H,19,20). The van der Waals surface area contributed by atoms with Gasteiger partial charge in [-0.05, 0) is 18.2 Å². The average Bonchev–Trinajstić information content (AvgIpc) is 2.36. The molecule has 1 aromatic rings. The molecule has 0 radical (unpaired) electrons. The Morgan fingerprint density at radius 3 is 2.52 bits per heavy atom. The van der Waals surface area contributed by atoms with Gasteiger partial charge >= 0.3 is 12.1 Å². The number of hydrogen-bond acceptors (Lipinski definition) is 4. The lowest BCUT2D eigenvalue weighted by Crippen LogP contribution is -2.35. The number of amides is 1. The number of carboxylic acid groups (broad SMARTS) is 1. The second-order valence-electron chi connectivity index (χ2n) is 3.99. The van der Waals surface area contributed by atoms with E-state index in [1.54, 1.807) is 0 Å². The second kappa shape index (κ2) is 6.93. The number of carbonyl (C=O) groups is 2. The molecule has 9 heteroatoms. The number of ether oxygens (including phenoxy) is 1. The van der Waals surface area contributed by atoms with Crippen LogP contribution in [-0.4, -0.2) is 43.4 Å². The smallest absolute Gasteiger partial charge is 0.401 e. The minimum absolute atomic E-state index is 0.0659. The van der Waals surface area contributed by atoms with Crippen molar-refractivity contribution in [1.82, 2.24) is 5.32 Å². The maximum absolute atomic E-state index is 11.9. The molecular weight excluding hydrogens is 293 g/mol. The molecule has 0 aliphatic heterocycles. The highest BCUT2D eigenvalue weighted by Gasteiger charge is 2.26. The highest BCUT2D eigenvalue weighted by atomic mass is 19.4. The lowest BCUT2D eigenvalue weighted by Gasteiger charge is -2.12. The number of alkyl halides is 3. The summed E-state index contributed by atoms with van der Waals surface area (Å²) in [5.41, 5.74) is -0.0226. The van der Waals surface area contributed by atoms with Crippen LogP contribution in [0.4, 0.5) is 18.9 Å². The van der Waals surface area contributed by atoms with E-state index in [2.05, 4.69) is 5.32 Å². The van der Waals surface area contributed by atoms with Crippen molar-refractivity contribution in [1.29, 1.82) is 0 Å². The molecule has 1 rings (SSSR count). The van der Waals surface area contributed by atoms with Gasteiger partial charge in [0.2, 0.25) is 5.91 Å². The van der Waals surface area contributed by atoms with E-state index in [4.69, 9.17) is 9.84 Å². The van der Waals surface area contributed by atoms with Gasteiger partial charge < -0.3 is 20.5 Å². The first kappa shape index (κ1) is 16.8. The molecule has 1 aromatic carbocycles. The fourth-order valence-corrected chi connectivity index (χ4v) is 1.45. The third kappa shape index (κ3) is 5.69. The lowest BCUT2D eigenvalue weighted by atomic mass is 10.2. The zero-order chi connectivity index (χ0) is 16.0. The number of aromatic carboxylic acids is 1. The van der Waals surface area contributed by atoms with Gasteiger partial charge in [0, 0.05) is 0 Å². The van der Waals surface area contributed by atoms with Crippen LogP contribution in [0.2, 0.25) is 0 Å². The highest BCUT2D eigenvalue weighted by molar-refractivity contribution is 5.96. The summed E-state index contributed by atoms with van der Waals surface area (Å²) in [6.45, 7) is -1.87. The van der Waals surface area contributed by atoms with E-state index < -0.39 is 31.1 Å². The third-order valence-corrected chi connectivity index (χ3v) is 2.33. The molecule has 0 aliphatic carbocycles. The molecule has 0 saturated heterocycles. The molecule has 0 atom stereocenters. The molecule has 0 saturated carbocycles. The number of halogens is 3. The summed E-state index contributed by atoms with van der Waals surface area (Å²) in [5, 5.41) is 13.1. The molecular formula is C12H13F3N2O4. The number of rotatable bonds is 6. The van der Waals surface area contributed by atoms with E-state index in [-0.39, 0.29) is 17.0 Å². The van der Waals surface area contributed by atoms with Crippen molar-refractivity contribution >= 4 is 17.6 Å². The summed E-state index contributed by atoms with van der Waals surface area (Å²) >= 11 is 0. The molecule has 0 heterocycles. The van der Waals surface area contributed by atoms with E-state index in [0.717, 1.165) is 6.07 Å². The minimum atomic E-state index is -4.42. The molecule has 0 fully saturated rings. The van der Waals surface area contributed by atoms with E-state index in [9.17, 15) is 22.8 Å². The maximum atomic E-state index is 11.9. The quantitative estimate of drug-likeness (QED) is 0.741. The minimum Gasteiger partial charge on any atom is -0.495 e. The van der Waals surface area contributed by atoms with Crippen LogP contribution >= 0.6 is 0 Å². The summed E-state index contributed by atoms with van der Waals surface area (Å²) in [6.07, 6.45) is -4.42. The van der Waals surface area contributed by atoms with Gasteiger partial charge in [-0.3, -0.25) is 4.79 Å². The largest absolute Gasteiger partial charge is 0.495 e. The number of carboxylic acids is 1. The van der Waals surface area contributed by atoms with Crippen LogP contribution in [0.5, 0.6) is 5.75 Å². The lowest BCUT2D eigenvalue weighted by molar-refractivity contribution is -0.127. The molecule has 21 heavy (non-hydrogen) atoms. The van der Waals surface area contributed by atoms with Gasteiger partial charge in [0.15, 0.2) is 0 Å². The third-order valence-electron chi connectivity index (χ3n) is 2.33. The Bertz CT molecular complexity index is 532. The van der Waals surface area contributed by atoms with Gasteiger partial charge in [0.1, 0.15) is 5.75 Å². The van der Waals surface area contributed by atoms with Crippen LogP contribution in [0.25, 0.3) is 0 Å². The summed E-state index contributed by atoms with van der Waals surface area (Å²) in [6, 6.07) is 3.77. The van der Waals surface area contributed by atoms with Crippen LogP contribution < -0.4 is 15.4 Å². The number of methoxy groups -OCH3 is 1. The average molecular weight is 306 g/mol. The van der Waals surface area contributed by atoms with E-state index in [0.29, 0.717) is 0 Å². The van der Waals surface area contributed by atoms with Crippen LogP contribution in [0.1, 0.15) is 10.4 Å². The molecule has 0 aromatic heterocycles. The van der Waals surface area contributed by atoms with Crippen molar-refractivity contribution < 1.29 is 32.6 Å². The SMILES string of the molecule is COc1ccc(C(=O)O)cc1NC(=O)CNCC(F)(F)F. The van der Waals surface area contributed by atoms with Crippen molar-refractivity contribution in [2.45, 2.75) is 6.18 Å². The molecule has 6 nitrogen and oxygen atoms in total. The molecule has 1 amide bonds. The van der Waals surface area contributed by atoms with Gasteiger partial charge in [0.25, 0.3) is 0 Å². The van der Waals surface area contributed by atoms with Crippen molar-refractivity contribution in [3.8, 4) is 5.75 Å². The van der Waals surface area contributed by atoms with Crippen molar-refractivity contribution in [3.05, 3.63) is 23.8 Å². The zero-order valence-corrected chi connectivity index (χ0v) is 11.0. The number of anilines is 1. The second-order valence-corrected chi connectivity index (χ2v) is 3.99. The Kier molecular flexibility index (Phi) is 5.53. The van der Waals surface area contributed by atoms with Crippen molar-refractivity contribution in [2.75, 3.05) is 25.5 Å². The van der Waals surface area contributed by atoms with Gasteiger partial charge in [-0.15, -0.1) is 0 Å². The predicted octanol–water partition coefficient (Wildman–Crippen LogP) is 1.48. The Hall–Kier alpha value is -2.29. The zero-order valence-electron chi connectivity index (χ0n) is 11.0. The van der Waals surface area contributed by atoms with Gasteiger partial charge in [-0.25, -0.2) is 4.79 Å². The Balaban J connectivity index is 2.70. The van der Waals surface area contributed by atoms with E-state index in [1.165, 1.54) is 19.2 Å². The van der Waals surface area contributed by atoms with Crippen LogP contribution in [-0.2, 0) is 4.79 Å². The first-order valence-corrected chi connectivity index (χ1v) is 5.71. The molecule has 116 valence electrons. The number of hydrogen-bond donors (Lipinski definition) is 3. The highest BCUT2D eigenvalue weighted by Crippen LogP contribution is 2.25. The molecule has 0 unspecified atom stereocenters. The molecule has 0 spiro atoms. The number of carbonyl (C=O) groups excluding carboxylic acids is 1. The maximum Gasteiger partial charge on any atom is 0.401 e. The van der Waals surface area contributed by atoms with Crippen molar-refractivity contribution in [3.63, 3.8) is 0 Å². The van der Waals surface area contributed by atoms with Gasteiger partial charge in [0.05, 0.1) is 31.5 Å². The Morgan fingerprint density at radius 2 is 2.00 bits per heavy atom.